The lowest BCUT2D eigenvalue weighted by atomic mass is 9.50. The fourth-order valence-electron chi connectivity index (χ4n) is 7.01. The quantitative estimate of drug-likeness (QED) is 0.135. The van der Waals surface area contributed by atoms with E-state index in [0.717, 1.165) is 19.4 Å². The highest BCUT2D eigenvalue weighted by Gasteiger charge is 2.72. The van der Waals surface area contributed by atoms with Crippen LogP contribution in [-0.2, 0) is 59.6 Å². The van der Waals surface area contributed by atoms with Crippen molar-refractivity contribution in [3.05, 3.63) is 35.1 Å². The second-order valence-electron chi connectivity index (χ2n) is 12.3. The van der Waals surface area contributed by atoms with Crippen LogP contribution < -0.4 is 4.74 Å². The highest BCUT2D eigenvalue weighted by molar-refractivity contribution is 5.88. The summed E-state index contributed by atoms with van der Waals surface area (Å²) in [5.74, 6) is -8.57. The molecule has 17 nitrogen and oxygen atoms in total. The third-order valence-electron chi connectivity index (χ3n) is 9.38. The molecule has 0 radical (unpaired) electrons. The maximum Gasteiger partial charge on any atom is 0.348 e. The van der Waals surface area contributed by atoms with Gasteiger partial charge >= 0.3 is 35.8 Å². The van der Waals surface area contributed by atoms with Gasteiger partial charge in [0.15, 0.2) is 35.9 Å². The van der Waals surface area contributed by atoms with Crippen molar-refractivity contribution in [2.24, 2.45) is 0 Å². The number of carboxylic acids is 2. The molecular weight excluding hydrogens is 642 g/mol. The molecule has 17 heteroatoms. The number of benzene rings is 1. The smallest absolute Gasteiger partial charge is 0.348 e. The van der Waals surface area contributed by atoms with Crippen LogP contribution in [0.3, 0.4) is 0 Å². The highest BCUT2D eigenvalue weighted by Crippen LogP contribution is 2.65. The van der Waals surface area contributed by atoms with E-state index in [1.165, 1.54) is 12.1 Å². The molecule has 0 aromatic heterocycles. The molecule has 1 spiro atoms. The Morgan fingerprint density at radius 3 is 2.33 bits per heavy atom. The number of aliphatic hydroxyl groups is 2. The molecule has 1 fully saturated rings. The van der Waals surface area contributed by atoms with Gasteiger partial charge in [-0.3, -0.25) is 9.59 Å². The van der Waals surface area contributed by atoms with Gasteiger partial charge in [0.25, 0.3) is 0 Å². The molecule has 48 heavy (non-hydrogen) atoms. The van der Waals surface area contributed by atoms with Gasteiger partial charge in [0.05, 0.1) is 23.9 Å². The van der Waals surface area contributed by atoms with Gasteiger partial charge < -0.3 is 54.1 Å². The van der Waals surface area contributed by atoms with Crippen LogP contribution in [0.4, 0.5) is 0 Å². The lowest BCUT2D eigenvalue weighted by molar-refractivity contribution is -0.184. The number of hydrogen-bond acceptors (Lipinski definition) is 15. The normalized spacial score (nSPS) is 27.5. The van der Waals surface area contributed by atoms with Gasteiger partial charge in [-0.25, -0.2) is 19.2 Å². The third kappa shape index (κ3) is 5.81. The minimum Gasteiger partial charge on any atom is -0.504 e. The number of piperidine rings is 1. The maximum atomic E-state index is 13.3. The Bertz CT molecular complexity index is 1590. The largest absolute Gasteiger partial charge is 0.504 e. The van der Waals surface area contributed by atoms with E-state index in [1.807, 2.05) is 11.9 Å². The molecule has 0 saturated carbocycles. The van der Waals surface area contributed by atoms with Crippen molar-refractivity contribution in [3.8, 4) is 11.5 Å². The number of nitrogens with zero attached hydrogens (tertiary/aromatic N) is 1. The Morgan fingerprint density at radius 1 is 0.979 bits per heavy atom. The van der Waals surface area contributed by atoms with E-state index >= 15 is 0 Å². The average Bonchev–Trinajstić information content (AvgIpc) is 3.37. The first-order valence-electron chi connectivity index (χ1n) is 15.1. The Hall–Kier alpha value is -4.74. The molecule has 5 N–H and O–H groups in total. The topological polar surface area (TPSA) is 253 Å². The number of likely N-dealkylation sites (N-methyl/N-ethyl adjacent to an activating group) is 1. The number of carboxylic acid groups (broad SMARTS) is 2. The fraction of sp³-hybridized carbons (Fsp3) is 0.548. The van der Waals surface area contributed by atoms with Crippen molar-refractivity contribution in [1.82, 2.24) is 4.90 Å². The zero-order valence-corrected chi connectivity index (χ0v) is 26.1. The van der Waals surface area contributed by atoms with Crippen LogP contribution in [0.15, 0.2) is 24.0 Å². The highest BCUT2D eigenvalue weighted by atomic mass is 16.6. The number of ether oxygens (including phenoxy) is 5. The van der Waals surface area contributed by atoms with E-state index in [-0.39, 0.29) is 29.7 Å². The summed E-state index contributed by atoms with van der Waals surface area (Å²) in [6, 6.07) is 2.94. The molecule has 0 unspecified atom stereocenters. The third-order valence-corrected chi connectivity index (χ3v) is 9.38. The molecule has 8 atom stereocenters. The Balaban J connectivity index is 1.37. The van der Waals surface area contributed by atoms with E-state index in [9.17, 15) is 44.1 Å². The van der Waals surface area contributed by atoms with Gasteiger partial charge in [0.2, 0.25) is 6.10 Å². The number of hydrogen-bond donors (Lipinski definition) is 5. The van der Waals surface area contributed by atoms with Crippen LogP contribution in [0.1, 0.15) is 50.7 Å². The number of likely N-dealkylation sites (tertiary alicyclic amines) is 1. The van der Waals surface area contributed by atoms with Crippen LogP contribution >= 0.6 is 0 Å². The fourth-order valence-corrected chi connectivity index (χ4v) is 7.01. The minimum absolute atomic E-state index is 0.0317. The summed E-state index contributed by atoms with van der Waals surface area (Å²) in [5.41, 5.74) is -0.964. The molecule has 0 amide bonds. The summed E-state index contributed by atoms with van der Waals surface area (Å²) in [4.78, 5) is 75.0. The summed E-state index contributed by atoms with van der Waals surface area (Å²) >= 11 is 0. The number of rotatable bonds is 12. The van der Waals surface area contributed by atoms with Crippen LogP contribution in [0.2, 0.25) is 0 Å². The van der Waals surface area contributed by atoms with Crippen molar-refractivity contribution in [2.45, 2.75) is 93.5 Å². The Kier molecular flexibility index (Phi) is 9.15. The number of aliphatic carboxylic acids is 2. The zero-order valence-electron chi connectivity index (χ0n) is 26.1. The van der Waals surface area contributed by atoms with Gasteiger partial charge in [-0.1, -0.05) is 6.07 Å². The monoisotopic (exact) mass is 677 g/mol. The van der Waals surface area contributed by atoms with Crippen LogP contribution in [0.5, 0.6) is 11.5 Å². The molecule has 2 aliphatic heterocycles. The number of aromatic hydroxyl groups is 1. The standard InChI is InChI=1S/C31H35NO16/c1-13(26(37)38)44-28(41)14(2)45-29(42)19(47-21(35)11-17(34)27(39)40)12-22(36)46-18-6-7-31(43)20-10-15-4-5-16(33)24-23(15)30(31,25(18)48-24)8-9-32(20)3/h4-6,13-14,17,19-20,25,33-34,43H,7-12H2,1-3H3,(H,37,38)(H,39,40)/t13-,14-,17-,19-,20+,25-,30-,31+/m0/s1. The summed E-state index contributed by atoms with van der Waals surface area (Å²) in [6.45, 7) is 2.64. The zero-order chi connectivity index (χ0) is 35.3. The lowest BCUT2D eigenvalue weighted by Gasteiger charge is -2.61. The maximum absolute atomic E-state index is 13.3. The number of phenols is 1. The molecule has 2 bridgehead atoms. The first-order valence-corrected chi connectivity index (χ1v) is 15.1. The SMILES string of the molecule is C[C@H](OC(=O)[C@H](C)OC(=O)[C@H](CC(=O)OC1=CC[C@@]2(O)[C@H]3Cc4ccc(O)c5c4[C@@]2(CCN3C)[C@H]1O5)OC(=O)C[C@H](O)C(=O)O)C(=O)O. The molecular formula is C31H35NO16. The molecule has 2 aliphatic carbocycles. The van der Waals surface area contributed by atoms with Gasteiger partial charge in [0, 0.05) is 18.0 Å². The molecule has 1 saturated heterocycles. The van der Waals surface area contributed by atoms with Gasteiger partial charge in [-0.15, -0.1) is 0 Å². The Morgan fingerprint density at radius 2 is 1.67 bits per heavy atom. The minimum atomic E-state index is -2.20. The number of aliphatic hydroxyl groups excluding tert-OH is 1. The second-order valence-corrected chi connectivity index (χ2v) is 12.3. The van der Waals surface area contributed by atoms with Gasteiger partial charge in [0.1, 0.15) is 5.76 Å². The number of carbonyl (C=O) groups is 6. The summed E-state index contributed by atoms with van der Waals surface area (Å²) in [5, 5.41) is 50.3. The van der Waals surface area contributed by atoms with Gasteiger partial charge in [-0.05, 0) is 58.0 Å². The van der Waals surface area contributed by atoms with Crippen molar-refractivity contribution < 1.29 is 78.0 Å². The van der Waals surface area contributed by atoms with Crippen LogP contribution in [0.25, 0.3) is 0 Å². The van der Waals surface area contributed by atoms with E-state index in [4.69, 9.17) is 29.2 Å². The van der Waals surface area contributed by atoms with E-state index in [1.54, 1.807) is 6.07 Å². The molecule has 260 valence electrons. The predicted molar refractivity (Wildman–Crippen MR) is 154 cm³/mol. The van der Waals surface area contributed by atoms with Crippen molar-refractivity contribution in [2.75, 3.05) is 13.6 Å². The lowest BCUT2D eigenvalue weighted by Crippen LogP contribution is -2.74. The van der Waals surface area contributed by atoms with Crippen LogP contribution in [0, 0.1) is 0 Å². The van der Waals surface area contributed by atoms with E-state index < -0.39 is 90.2 Å². The summed E-state index contributed by atoms with van der Waals surface area (Å²) in [7, 11) is 1.90. The molecule has 2 heterocycles. The van der Waals surface area contributed by atoms with Crippen molar-refractivity contribution >= 4 is 35.8 Å². The number of phenolic OH excluding ortho intramolecular Hbond substituents is 1. The Labute approximate surface area is 272 Å². The predicted octanol–water partition coefficient (Wildman–Crippen LogP) is -0.701. The summed E-state index contributed by atoms with van der Waals surface area (Å²) < 4.78 is 26.4. The van der Waals surface area contributed by atoms with Crippen molar-refractivity contribution in [3.63, 3.8) is 0 Å². The molecule has 1 aromatic carbocycles. The van der Waals surface area contributed by atoms with E-state index in [0.29, 0.717) is 24.9 Å². The van der Waals surface area contributed by atoms with E-state index in [2.05, 4.69) is 4.74 Å². The van der Waals surface area contributed by atoms with Crippen molar-refractivity contribution in [1.29, 1.82) is 0 Å². The number of carbonyl (C=O) groups excluding carboxylic acids is 4. The second kappa shape index (κ2) is 12.7. The summed E-state index contributed by atoms with van der Waals surface area (Å²) in [6.07, 6.45) is -8.43. The molecule has 4 aliphatic rings. The average molecular weight is 678 g/mol. The van der Waals surface area contributed by atoms with Crippen LogP contribution in [-0.4, -0.2) is 122 Å². The van der Waals surface area contributed by atoms with Gasteiger partial charge in [-0.2, -0.15) is 0 Å². The number of esters is 4. The molecule has 1 aromatic rings. The first kappa shape index (κ1) is 34.6. The first-order chi connectivity index (χ1) is 22.5. The molecule has 5 rings (SSSR count).